The molecule has 96 valence electrons. The molecular formula is C14H16FNOS. The number of hydrogen-bond acceptors (Lipinski definition) is 3. The van der Waals surface area contributed by atoms with Crippen LogP contribution in [0.5, 0.6) is 5.75 Å². The predicted octanol–water partition coefficient (Wildman–Crippen LogP) is 3.84. The lowest BCUT2D eigenvalue weighted by molar-refractivity contribution is 0.386. The fourth-order valence-corrected chi connectivity index (χ4v) is 2.77. The van der Waals surface area contributed by atoms with Crippen molar-refractivity contribution in [2.45, 2.75) is 13.0 Å². The van der Waals surface area contributed by atoms with E-state index < -0.39 is 0 Å². The number of methoxy groups -OCH3 is 1. The Morgan fingerprint density at radius 3 is 2.67 bits per heavy atom. The van der Waals surface area contributed by atoms with Gasteiger partial charge in [-0.3, -0.25) is 0 Å². The molecule has 0 aliphatic carbocycles. The first-order valence-electron chi connectivity index (χ1n) is 5.76. The maximum Gasteiger partial charge on any atom is 0.165 e. The van der Waals surface area contributed by atoms with Gasteiger partial charge in [0.05, 0.1) is 7.11 Å². The number of halogens is 1. The summed E-state index contributed by atoms with van der Waals surface area (Å²) < 4.78 is 18.5. The number of hydrogen-bond donors (Lipinski definition) is 1. The highest BCUT2D eigenvalue weighted by Crippen LogP contribution is 2.33. The first-order chi connectivity index (χ1) is 8.65. The molecule has 1 aromatic carbocycles. The van der Waals surface area contributed by atoms with Crippen LogP contribution in [0.1, 0.15) is 17.8 Å². The molecule has 0 saturated heterocycles. The average Bonchev–Trinajstić information content (AvgIpc) is 2.87. The van der Waals surface area contributed by atoms with Gasteiger partial charge in [0.25, 0.3) is 0 Å². The van der Waals surface area contributed by atoms with Crippen molar-refractivity contribution in [3.05, 3.63) is 41.0 Å². The minimum Gasteiger partial charge on any atom is -0.494 e. The Morgan fingerprint density at radius 2 is 2.06 bits per heavy atom. The number of ether oxygens (including phenoxy) is 1. The van der Waals surface area contributed by atoms with E-state index in [4.69, 9.17) is 4.74 Å². The SMILES string of the molecule is CNC(C)c1ccc(-c2ccc(OC)c(F)c2)s1. The van der Waals surface area contributed by atoms with Gasteiger partial charge in [0, 0.05) is 15.8 Å². The summed E-state index contributed by atoms with van der Waals surface area (Å²) in [6, 6.07) is 9.45. The van der Waals surface area contributed by atoms with E-state index in [1.165, 1.54) is 18.1 Å². The van der Waals surface area contributed by atoms with Gasteiger partial charge in [-0.2, -0.15) is 0 Å². The van der Waals surface area contributed by atoms with Crippen LogP contribution < -0.4 is 10.1 Å². The summed E-state index contributed by atoms with van der Waals surface area (Å²) in [4.78, 5) is 2.30. The lowest BCUT2D eigenvalue weighted by Gasteiger charge is -2.06. The zero-order valence-electron chi connectivity index (χ0n) is 10.7. The summed E-state index contributed by atoms with van der Waals surface area (Å²) in [7, 11) is 3.40. The third kappa shape index (κ3) is 2.54. The molecule has 1 N–H and O–H groups in total. The molecule has 0 fully saturated rings. The summed E-state index contributed by atoms with van der Waals surface area (Å²) in [5.74, 6) is -0.0502. The van der Waals surface area contributed by atoms with Crippen LogP contribution in [-0.2, 0) is 0 Å². The summed E-state index contributed by atoms with van der Waals surface area (Å²) in [5.41, 5.74) is 0.882. The van der Waals surface area contributed by atoms with Gasteiger partial charge in [-0.25, -0.2) is 4.39 Å². The zero-order valence-corrected chi connectivity index (χ0v) is 11.5. The smallest absolute Gasteiger partial charge is 0.165 e. The summed E-state index contributed by atoms with van der Waals surface area (Å²) in [6.07, 6.45) is 0. The minimum atomic E-state index is -0.327. The van der Waals surface area contributed by atoms with Gasteiger partial charge in [0.1, 0.15) is 0 Å². The molecule has 0 amide bonds. The Kier molecular flexibility index (Phi) is 3.99. The number of rotatable bonds is 4. The van der Waals surface area contributed by atoms with Crippen molar-refractivity contribution >= 4 is 11.3 Å². The normalized spacial score (nSPS) is 12.4. The van der Waals surface area contributed by atoms with Gasteiger partial charge in [-0.1, -0.05) is 0 Å². The van der Waals surface area contributed by atoms with Crippen LogP contribution in [0.2, 0.25) is 0 Å². The summed E-state index contributed by atoms with van der Waals surface area (Å²) in [5, 5.41) is 3.19. The van der Waals surface area contributed by atoms with Crippen molar-refractivity contribution in [1.29, 1.82) is 0 Å². The largest absolute Gasteiger partial charge is 0.494 e. The van der Waals surface area contributed by atoms with E-state index in [0.29, 0.717) is 6.04 Å². The Labute approximate surface area is 110 Å². The van der Waals surface area contributed by atoms with E-state index in [1.807, 2.05) is 19.2 Å². The Hall–Kier alpha value is -1.39. The molecule has 1 heterocycles. The van der Waals surface area contributed by atoms with Crippen molar-refractivity contribution in [3.63, 3.8) is 0 Å². The van der Waals surface area contributed by atoms with Crippen molar-refractivity contribution in [1.82, 2.24) is 5.32 Å². The molecule has 2 aromatic rings. The average molecular weight is 265 g/mol. The number of thiophene rings is 1. The van der Waals surface area contributed by atoms with Gasteiger partial charge < -0.3 is 10.1 Å². The molecule has 4 heteroatoms. The van der Waals surface area contributed by atoms with Crippen LogP contribution in [0.4, 0.5) is 4.39 Å². The van der Waals surface area contributed by atoms with Crippen LogP contribution in [-0.4, -0.2) is 14.2 Å². The third-order valence-electron chi connectivity index (χ3n) is 2.92. The second-order valence-electron chi connectivity index (χ2n) is 4.06. The highest BCUT2D eigenvalue weighted by molar-refractivity contribution is 7.15. The fraction of sp³-hybridized carbons (Fsp3) is 0.286. The highest BCUT2D eigenvalue weighted by Gasteiger charge is 2.10. The van der Waals surface area contributed by atoms with Gasteiger partial charge >= 0.3 is 0 Å². The van der Waals surface area contributed by atoms with Crippen molar-refractivity contribution < 1.29 is 9.13 Å². The van der Waals surface area contributed by atoms with Gasteiger partial charge in [0.2, 0.25) is 0 Å². The second kappa shape index (κ2) is 5.50. The maximum absolute atomic E-state index is 13.6. The molecule has 1 unspecified atom stereocenters. The molecule has 2 rings (SSSR count). The first kappa shape index (κ1) is 13.1. The minimum absolute atomic E-state index is 0.277. The zero-order chi connectivity index (χ0) is 13.1. The quantitative estimate of drug-likeness (QED) is 0.906. The van der Waals surface area contributed by atoms with Crippen LogP contribution >= 0.6 is 11.3 Å². The van der Waals surface area contributed by atoms with Gasteiger partial charge in [-0.15, -0.1) is 11.3 Å². The molecule has 0 saturated carbocycles. The summed E-state index contributed by atoms with van der Waals surface area (Å²) >= 11 is 1.67. The first-order valence-corrected chi connectivity index (χ1v) is 6.58. The van der Waals surface area contributed by atoms with E-state index in [1.54, 1.807) is 17.4 Å². The van der Waals surface area contributed by atoms with Gasteiger partial charge in [0.15, 0.2) is 11.6 Å². The van der Waals surface area contributed by atoms with E-state index in [9.17, 15) is 4.39 Å². The van der Waals surface area contributed by atoms with Gasteiger partial charge in [-0.05, 0) is 49.9 Å². The Bertz CT molecular complexity index is 538. The maximum atomic E-state index is 13.6. The molecule has 1 aromatic heterocycles. The highest BCUT2D eigenvalue weighted by atomic mass is 32.1. The Morgan fingerprint density at radius 1 is 1.28 bits per heavy atom. The van der Waals surface area contributed by atoms with Crippen LogP contribution in [0.3, 0.4) is 0 Å². The lowest BCUT2D eigenvalue weighted by Crippen LogP contribution is -2.10. The monoisotopic (exact) mass is 265 g/mol. The van der Waals surface area contributed by atoms with E-state index in [2.05, 4.69) is 18.3 Å². The lowest BCUT2D eigenvalue weighted by atomic mass is 10.1. The van der Waals surface area contributed by atoms with Crippen molar-refractivity contribution in [2.24, 2.45) is 0 Å². The molecule has 2 nitrogen and oxygen atoms in total. The molecule has 1 atom stereocenters. The molecule has 0 bridgehead atoms. The van der Waals surface area contributed by atoms with Crippen molar-refractivity contribution in [2.75, 3.05) is 14.2 Å². The molecule has 0 spiro atoms. The van der Waals surface area contributed by atoms with E-state index >= 15 is 0 Å². The molecule has 0 aliphatic rings. The van der Waals surface area contributed by atoms with E-state index in [-0.39, 0.29) is 11.6 Å². The predicted molar refractivity (Wildman–Crippen MR) is 73.7 cm³/mol. The molecule has 0 aliphatic heterocycles. The fourth-order valence-electron chi connectivity index (χ4n) is 1.70. The molecular weight excluding hydrogens is 249 g/mol. The standard InChI is InChI=1S/C14H16FNOS/c1-9(16-2)13-6-7-14(18-13)10-4-5-12(17-3)11(15)8-10/h4-9,16H,1-3H3. The Balaban J connectivity index is 2.31. The summed E-state index contributed by atoms with van der Waals surface area (Å²) in [6.45, 7) is 2.10. The van der Waals surface area contributed by atoms with Crippen molar-refractivity contribution in [3.8, 4) is 16.2 Å². The van der Waals surface area contributed by atoms with Crippen LogP contribution in [0.25, 0.3) is 10.4 Å². The second-order valence-corrected chi connectivity index (χ2v) is 5.18. The molecule has 18 heavy (non-hydrogen) atoms. The number of benzene rings is 1. The topological polar surface area (TPSA) is 21.3 Å². The molecule has 0 radical (unpaired) electrons. The van der Waals surface area contributed by atoms with E-state index in [0.717, 1.165) is 10.4 Å². The number of nitrogens with one attached hydrogen (secondary N) is 1. The van der Waals surface area contributed by atoms with Crippen LogP contribution in [0.15, 0.2) is 30.3 Å². The van der Waals surface area contributed by atoms with Crippen LogP contribution in [0, 0.1) is 5.82 Å². The third-order valence-corrected chi connectivity index (χ3v) is 4.24.